The third-order valence-electron chi connectivity index (χ3n) is 8.30. The maximum Gasteiger partial charge on any atom is 0.200 e. The van der Waals surface area contributed by atoms with E-state index in [0.29, 0.717) is 23.7 Å². The molecule has 1 nitrogen and oxygen atoms in total. The Kier molecular flexibility index (Phi) is 1.62. The molecule has 0 unspecified atom stereocenters. The second-order valence-electron chi connectivity index (χ2n) is 8.24. The van der Waals surface area contributed by atoms with Gasteiger partial charge in [-0.2, -0.15) is 0 Å². The summed E-state index contributed by atoms with van der Waals surface area (Å²) < 4.78 is 76.1. The average molecular weight is 326 g/mol. The first-order valence-corrected chi connectivity index (χ1v) is 8.20. The Morgan fingerprint density at radius 1 is 0.696 bits per heavy atom. The first-order valence-electron chi connectivity index (χ1n) is 8.20. The van der Waals surface area contributed by atoms with Crippen LogP contribution in [0.4, 0.5) is 22.0 Å². The van der Waals surface area contributed by atoms with Crippen molar-refractivity contribution in [1.29, 1.82) is 0 Å². The third kappa shape index (κ3) is 0.839. The van der Waals surface area contributed by atoms with E-state index in [1.54, 1.807) is 0 Å². The summed E-state index contributed by atoms with van der Waals surface area (Å²) in [5.74, 6) is -6.89. The highest BCUT2D eigenvalue weighted by Gasteiger charge is 2.93. The fourth-order valence-corrected chi connectivity index (χ4v) is 8.35. The molecule has 2 aliphatic heterocycles. The molecule has 1 aromatic rings. The Labute approximate surface area is 127 Å². The van der Waals surface area contributed by atoms with Gasteiger partial charge in [0.1, 0.15) is 5.60 Å². The molecule has 23 heavy (non-hydrogen) atoms. The monoisotopic (exact) mass is 326 g/mol. The molecule has 7 fully saturated rings. The van der Waals surface area contributed by atoms with Crippen molar-refractivity contribution in [2.24, 2.45) is 47.3 Å². The lowest BCUT2D eigenvalue weighted by Gasteiger charge is -2.46. The van der Waals surface area contributed by atoms with E-state index in [4.69, 9.17) is 4.74 Å². The smallest absolute Gasteiger partial charge is 0.200 e. The number of ether oxygens (including phenoxy) is 1. The van der Waals surface area contributed by atoms with Crippen LogP contribution in [0.5, 0.6) is 0 Å². The van der Waals surface area contributed by atoms with Gasteiger partial charge in [0.05, 0.1) is 11.7 Å². The van der Waals surface area contributed by atoms with Crippen LogP contribution in [-0.2, 0) is 10.3 Å². The summed E-state index contributed by atoms with van der Waals surface area (Å²) in [7, 11) is 0. The average Bonchev–Trinajstić information content (AvgIpc) is 3.16. The van der Waals surface area contributed by atoms with Gasteiger partial charge in [0.25, 0.3) is 0 Å². The lowest BCUT2D eigenvalue weighted by atomic mass is 9.56. The summed E-state index contributed by atoms with van der Waals surface area (Å²) in [6, 6.07) is 0. The fourth-order valence-electron chi connectivity index (χ4n) is 8.35. The quantitative estimate of drug-likeness (QED) is 0.437. The van der Waals surface area contributed by atoms with Crippen molar-refractivity contribution in [3.63, 3.8) is 0 Å². The number of hydrogen-bond donors (Lipinski definition) is 0. The van der Waals surface area contributed by atoms with Gasteiger partial charge in [-0.05, 0) is 41.9 Å². The third-order valence-corrected chi connectivity index (χ3v) is 8.30. The maximum absolute atomic E-state index is 14.5. The molecule has 6 heteroatoms. The van der Waals surface area contributed by atoms with Gasteiger partial charge in [0.15, 0.2) is 23.3 Å². The SMILES string of the molecule is Fc1c(F)c(F)c([C@@]23O[C@@H]4[C@@H]5[C@@H]6[C@@H]7C[C@@H]([C@H]6[C@H]52)[C@@H]3[C@@H]74)c(F)c1F. The van der Waals surface area contributed by atoms with Crippen LogP contribution >= 0.6 is 0 Å². The maximum atomic E-state index is 14.5. The molecule has 10 atom stereocenters. The zero-order chi connectivity index (χ0) is 15.6. The highest BCUT2D eigenvalue weighted by Crippen LogP contribution is 2.92. The van der Waals surface area contributed by atoms with Crippen LogP contribution in [0.1, 0.15) is 12.0 Å². The molecular formula is C17H11F5O. The van der Waals surface area contributed by atoms with Crippen molar-refractivity contribution in [1.82, 2.24) is 0 Å². The van der Waals surface area contributed by atoms with E-state index in [1.807, 2.05) is 0 Å². The molecule has 0 amide bonds. The van der Waals surface area contributed by atoms with Gasteiger partial charge in [-0.3, -0.25) is 0 Å². The summed E-state index contributed by atoms with van der Waals surface area (Å²) >= 11 is 0. The molecule has 7 aliphatic rings. The molecule has 5 aliphatic carbocycles. The van der Waals surface area contributed by atoms with Crippen LogP contribution in [0.15, 0.2) is 0 Å². The normalized spacial score (nSPS) is 58.0. The highest BCUT2D eigenvalue weighted by molar-refractivity contribution is 5.46. The molecule has 0 aromatic heterocycles. The van der Waals surface area contributed by atoms with Crippen molar-refractivity contribution >= 4 is 0 Å². The number of benzene rings is 1. The predicted octanol–water partition coefficient (Wildman–Crippen LogP) is 3.36. The van der Waals surface area contributed by atoms with E-state index in [9.17, 15) is 22.0 Å². The molecule has 1 aromatic carbocycles. The molecule has 2 heterocycles. The van der Waals surface area contributed by atoms with E-state index in [2.05, 4.69) is 0 Å². The van der Waals surface area contributed by atoms with Gasteiger partial charge in [-0.1, -0.05) is 0 Å². The largest absolute Gasteiger partial charge is 0.366 e. The van der Waals surface area contributed by atoms with E-state index in [-0.39, 0.29) is 29.8 Å². The van der Waals surface area contributed by atoms with Crippen molar-refractivity contribution in [2.75, 3.05) is 0 Å². The van der Waals surface area contributed by atoms with E-state index in [1.165, 1.54) is 0 Å². The summed E-state index contributed by atoms with van der Waals surface area (Å²) in [6.45, 7) is 0. The molecule has 0 N–H and O–H groups in total. The minimum absolute atomic E-state index is 0.0290. The number of halogens is 5. The summed E-state index contributed by atoms with van der Waals surface area (Å²) in [5, 5.41) is 0. The van der Waals surface area contributed by atoms with E-state index in [0.717, 1.165) is 6.42 Å². The van der Waals surface area contributed by atoms with Gasteiger partial charge >= 0.3 is 0 Å². The topological polar surface area (TPSA) is 9.23 Å². The molecule has 8 rings (SSSR count). The lowest BCUT2D eigenvalue weighted by molar-refractivity contribution is -0.0418. The summed E-state index contributed by atoms with van der Waals surface area (Å²) in [5.41, 5.74) is -1.94. The molecule has 4 bridgehead atoms. The second-order valence-corrected chi connectivity index (χ2v) is 8.24. The number of rotatable bonds is 1. The van der Waals surface area contributed by atoms with Crippen LogP contribution in [0, 0.1) is 76.4 Å². The van der Waals surface area contributed by atoms with Crippen molar-refractivity contribution in [2.45, 2.75) is 18.1 Å². The fraction of sp³-hybridized carbons (Fsp3) is 0.647. The van der Waals surface area contributed by atoms with Gasteiger partial charge < -0.3 is 4.74 Å². The lowest BCUT2D eigenvalue weighted by Crippen LogP contribution is -2.48. The summed E-state index contributed by atoms with van der Waals surface area (Å²) in [4.78, 5) is 0. The predicted molar refractivity (Wildman–Crippen MR) is 65.3 cm³/mol. The first kappa shape index (κ1) is 12.2. The van der Waals surface area contributed by atoms with Crippen molar-refractivity contribution in [3.8, 4) is 0 Å². The minimum atomic E-state index is -2.08. The Hall–Kier alpha value is -1.17. The van der Waals surface area contributed by atoms with Crippen LogP contribution in [-0.4, -0.2) is 6.10 Å². The van der Waals surface area contributed by atoms with Crippen LogP contribution in [0.25, 0.3) is 0 Å². The number of hydrogen-bond acceptors (Lipinski definition) is 1. The Morgan fingerprint density at radius 2 is 1.35 bits per heavy atom. The van der Waals surface area contributed by atoms with Gasteiger partial charge in [0.2, 0.25) is 5.82 Å². The van der Waals surface area contributed by atoms with E-state index >= 15 is 0 Å². The van der Waals surface area contributed by atoms with Crippen LogP contribution in [0.3, 0.4) is 0 Å². The zero-order valence-corrected chi connectivity index (χ0v) is 11.7. The first-order chi connectivity index (χ1) is 11.0. The van der Waals surface area contributed by atoms with Gasteiger partial charge in [-0.25, -0.2) is 22.0 Å². The Balaban J connectivity index is 1.57. The molecule has 120 valence electrons. The Bertz CT molecular complexity index is 800. The molecule has 2 saturated heterocycles. The molecular weight excluding hydrogens is 315 g/mol. The molecule has 0 radical (unpaired) electrons. The van der Waals surface area contributed by atoms with Gasteiger partial charge in [-0.15, -0.1) is 0 Å². The Morgan fingerprint density at radius 3 is 2.04 bits per heavy atom. The minimum Gasteiger partial charge on any atom is -0.366 e. The van der Waals surface area contributed by atoms with Crippen molar-refractivity contribution < 1.29 is 26.7 Å². The zero-order valence-electron chi connectivity index (χ0n) is 11.7. The standard InChI is InChI=1S/C17H11F5O/c18-11-10(12(19)14(21)15(22)13(11)20)17-8-3-1-2-4-5(3)9(17)7(4)16(23-17)6(2)8/h2-9,16H,1H2/t2-,3-,4+,5+,6+,7+,8+,9+,16-,17-/m0/s1. The summed E-state index contributed by atoms with van der Waals surface area (Å²) in [6.07, 6.45) is 1.02. The molecule has 5 saturated carbocycles. The van der Waals surface area contributed by atoms with E-state index < -0.39 is 40.3 Å². The van der Waals surface area contributed by atoms with Crippen molar-refractivity contribution in [3.05, 3.63) is 34.6 Å². The van der Waals surface area contributed by atoms with Crippen LogP contribution in [0.2, 0.25) is 0 Å². The second kappa shape index (κ2) is 3.05. The van der Waals surface area contributed by atoms with Crippen LogP contribution < -0.4 is 0 Å². The van der Waals surface area contributed by atoms with Gasteiger partial charge in [0, 0.05) is 11.8 Å². The highest BCUT2D eigenvalue weighted by atomic mass is 19.2. The molecule has 0 spiro atoms.